The lowest BCUT2D eigenvalue weighted by Crippen LogP contribution is -2.30. The number of thioether (sulfide) groups is 1. The van der Waals surface area contributed by atoms with Crippen LogP contribution in [0.15, 0.2) is 47.4 Å². The van der Waals surface area contributed by atoms with E-state index in [1.165, 1.54) is 36.7 Å². The van der Waals surface area contributed by atoms with Gasteiger partial charge in [0.1, 0.15) is 0 Å². The van der Waals surface area contributed by atoms with Crippen LogP contribution in [0.1, 0.15) is 31.7 Å². The fourth-order valence-corrected chi connectivity index (χ4v) is 4.38. The van der Waals surface area contributed by atoms with Crippen molar-refractivity contribution in [2.24, 2.45) is 0 Å². The minimum absolute atomic E-state index is 0.0184. The van der Waals surface area contributed by atoms with Crippen molar-refractivity contribution in [3.05, 3.63) is 48.0 Å². The molecule has 6 heteroatoms. The third-order valence-corrected chi connectivity index (χ3v) is 6.26. The van der Waals surface area contributed by atoms with Gasteiger partial charge in [-0.3, -0.25) is 4.79 Å². The number of anilines is 1. The zero-order valence-electron chi connectivity index (χ0n) is 17.4. The molecule has 1 saturated heterocycles. The number of carbonyl (C=O) groups excluding carboxylic acids is 1. The molecule has 0 radical (unpaired) electrons. The first-order valence-corrected chi connectivity index (χ1v) is 11.0. The first kappa shape index (κ1) is 21.4. The monoisotopic (exact) mass is 414 g/mol. The highest BCUT2D eigenvalue weighted by Gasteiger charge is 2.16. The van der Waals surface area contributed by atoms with E-state index in [2.05, 4.69) is 34.5 Å². The van der Waals surface area contributed by atoms with E-state index in [-0.39, 0.29) is 11.2 Å². The molecule has 2 aromatic carbocycles. The Morgan fingerprint density at radius 3 is 2.38 bits per heavy atom. The second-order valence-corrected chi connectivity index (χ2v) is 8.62. The second-order valence-electron chi connectivity index (χ2n) is 7.21. The summed E-state index contributed by atoms with van der Waals surface area (Å²) in [5, 5.41) is 2.83. The fourth-order valence-electron chi connectivity index (χ4n) is 3.46. The molecular formula is C23H30N2O3S. The van der Waals surface area contributed by atoms with E-state index in [0.29, 0.717) is 18.0 Å². The van der Waals surface area contributed by atoms with Crippen LogP contribution in [0.25, 0.3) is 0 Å². The van der Waals surface area contributed by atoms with E-state index in [9.17, 15) is 4.79 Å². The molecule has 1 N–H and O–H groups in total. The van der Waals surface area contributed by atoms with Gasteiger partial charge in [0.05, 0.1) is 19.5 Å². The summed E-state index contributed by atoms with van der Waals surface area (Å²) in [6, 6.07) is 14.2. The molecule has 3 rings (SSSR count). The standard InChI is InChI=1S/C23H30N2O3S/c1-17(29-20-11-12-21(27-2)22(15-20)28-3)23(26)24-16-18-7-9-19(10-8-18)25-13-5-4-6-14-25/h7-12,15,17H,4-6,13-14,16H2,1-3H3,(H,24,26)/t17-/m1/s1. The first-order valence-electron chi connectivity index (χ1n) is 10.1. The van der Waals surface area contributed by atoms with Gasteiger partial charge in [-0.1, -0.05) is 12.1 Å². The summed E-state index contributed by atoms with van der Waals surface area (Å²) < 4.78 is 10.6. The van der Waals surface area contributed by atoms with Crippen LogP contribution in [0.5, 0.6) is 11.5 Å². The molecule has 0 bridgehead atoms. The summed E-state index contributed by atoms with van der Waals surface area (Å²) in [5.74, 6) is 1.37. The van der Waals surface area contributed by atoms with Crippen LogP contribution in [0.2, 0.25) is 0 Å². The molecule has 0 saturated carbocycles. The van der Waals surface area contributed by atoms with Gasteiger partial charge in [0.25, 0.3) is 0 Å². The van der Waals surface area contributed by atoms with Gasteiger partial charge in [-0.2, -0.15) is 0 Å². The molecule has 1 amide bonds. The van der Waals surface area contributed by atoms with Gasteiger partial charge >= 0.3 is 0 Å². The van der Waals surface area contributed by atoms with Crippen molar-refractivity contribution >= 4 is 23.4 Å². The van der Waals surface area contributed by atoms with Gasteiger partial charge in [0.15, 0.2) is 11.5 Å². The van der Waals surface area contributed by atoms with Gasteiger partial charge in [-0.15, -0.1) is 11.8 Å². The van der Waals surface area contributed by atoms with Crippen LogP contribution in [-0.2, 0) is 11.3 Å². The zero-order chi connectivity index (χ0) is 20.6. The number of piperidine rings is 1. The minimum Gasteiger partial charge on any atom is -0.493 e. The van der Waals surface area contributed by atoms with Gasteiger partial charge in [-0.05, 0) is 62.1 Å². The predicted octanol–water partition coefficient (Wildman–Crippen LogP) is 4.49. The van der Waals surface area contributed by atoms with Crippen molar-refractivity contribution in [2.45, 2.75) is 42.9 Å². The molecule has 1 heterocycles. The number of amides is 1. The Labute approximate surface area is 177 Å². The summed E-state index contributed by atoms with van der Waals surface area (Å²) in [6.45, 7) is 4.73. The number of hydrogen-bond donors (Lipinski definition) is 1. The highest BCUT2D eigenvalue weighted by molar-refractivity contribution is 8.00. The van der Waals surface area contributed by atoms with Crippen molar-refractivity contribution in [1.82, 2.24) is 5.32 Å². The van der Waals surface area contributed by atoms with E-state index in [0.717, 1.165) is 23.5 Å². The molecule has 0 unspecified atom stereocenters. The lowest BCUT2D eigenvalue weighted by Gasteiger charge is -2.28. The van der Waals surface area contributed by atoms with Crippen LogP contribution in [0.3, 0.4) is 0 Å². The van der Waals surface area contributed by atoms with Crippen molar-refractivity contribution in [1.29, 1.82) is 0 Å². The Hall–Kier alpha value is -2.34. The van der Waals surface area contributed by atoms with Crippen molar-refractivity contribution < 1.29 is 14.3 Å². The largest absolute Gasteiger partial charge is 0.493 e. The van der Waals surface area contributed by atoms with Gasteiger partial charge in [-0.25, -0.2) is 0 Å². The fraction of sp³-hybridized carbons (Fsp3) is 0.435. The van der Waals surface area contributed by atoms with Gasteiger partial charge < -0.3 is 19.7 Å². The minimum atomic E-state index is -0.208. The van der Waals surface area contributed by atoms with Crippen LogP contribution < -0.4 is 19.7 Å². The molecule has 29 heavy (non-hydrogen) atoms. The lowest BCUT2D eigenvalue weighted by atomic mass is 10.1. The lowest BCUT2D eigenvalue weighted by molar-refractivity contribution is -0.120. The van der Waals surface area contributed by atoms with Crippen molar-refractivity contribution in [3.8, 4) is 11.5 Å². The molecule has 1 aliphatic rings. The Balaban J connectivity index is 1.51. The Bertz CT molecular complexity index is 804. The second kappa shape index (κ2) is 10.4. The third kappa shape index (κ3) is 5.82. The molecule has 1 fully saturated rings. The maximum Gasteiger partial charge on any atom is 0.233 e. The molecule has 0 spiro atoms. The third-order valence-electron chi connectivity index (χ3n) is 5.16. The molecular weight excluding hydrogens is 384 g/mol. The maximum atomic E-state index is 12.5. The molecule has 0 aliphatic carbocycles. The maximum absolute atomic E-state index is 12.5. The number of rotatable bonds is 8. The molecule has 2 aromatic rings. The first-order chi connectivity index (χ1) is 14.1. The van der Waals surface area contributed by atoms with E-state index in [4.69, 9.17) is 9.47 Å². The number of hydrogen-bond acceptors (Lipinski definition) is 5. The average molecular weight is 415 g/mol. The number of carbonyl (C=O) groups is 1. The number of nitrogens with one attached hydrogen (secondary N) is 1. The average Bonchev–Trinajstić information content (AvgIpc) is 2.78. The normalized spacial score (nSPS) is 14.9. The summed E-state index contributed by atoms with van der Waals surface area (Å²) in [5.41, 5.74) is 2.39. The topological polar surface area (TPSA) is 50.8 Å². The zero-order valence-corrected chi connectivity index (χ0v) is 18.3. The van der Waals surface area contributed by atoms with E-state index in [1.807, 2.05) is 25.1 Å². The quantitative estimate of drug-likeness (QED) is 0.645. The predicted molar refractivity (Wildman–Crippen MR) is 119 cm³/mol. The highest BCUT2D eigenvalue weighted by Crippen LogP contribution is 2.33. The summed E-state index contributed by atoms with van der Waals surface area (Å²) in [6.07, 6.45) is 3.88. The van der Waals surface area contributed by atoms with E-state index in [1.54, 1.807) is 14.2 Å². The summed E-state index contributed by atoms with van der Waals surface area (Å²) >= 11 is 1.50. The Morgan fingerprint density at radius 2 is 1.72 bits per heavy atom. The molecule has 156 valence electrons. The SMILES string of the molecule is COc1ccc(S[C@H](C)C(=O)NCc2ccc(N3CCCCC3)cc2)cc1OC. The number of ether oxygens (including phenoxy) is 2. The molecule has 1 atom stereocenters. The Kier molecular flexibility index (Phi) is 7.69. The number of nitrogens with zero attached hydrogens (tertiary/aromatic N) is 1. The smallest absolute Gasteiger partial charge is 0.233 e. The Morgan fingerprint density at radius 1 is 1.03 bits per heavy atom. The van der Waals surface area contributed by atoms with Crippen LogP contribution in [-0.4, -0.2) is 38.5 Å². The number of benzene rings is 2. The van der Waals surface area contributed by atoms with Gasteiger partial charge in [0, 0.05) is 30.2 Å². The van der Waals surface area contributed by atoms with Crippen LogP contribution in [0.4, 0.5) is 5.69 Å². The van der Waals surface area contributed by atoms with E-state index >= 15 is 0 Å². The molecule has 1 aliphatic heterocycles. The van der Waals surface area contributed by atoms with E-state index < -0.39 is 0 Å². The number of methoxy groups -OCH3 is 2. The molecule has 5 nitrogen and oxygen atoms in total. The summed E-state index contributed by atoms with van der Waals surface area (Å²) in [7, 11) is 3.22. The van der Waals surface area contributed by atoms with Crippen molar-refractivity contribution in [3.63, 3.8) is 0 Å². The van der Waals surface area contributed by atoms with Crippen LogP contribution >= 0.6 is 11.8 Å². The van der Waals surface area contributed by atoms with Crippen LogP contribution in [0, 0.1) is 0 Å². The van der Waals surface area contributed by atoms with Crippen molar-refractivity contribution in [2.75, 3.05) is 32.2 Å². The summed E-state index contributed by atoms with van der Waals surface area (Å²) in [4.78, 5) is 15.9. The van der Waals surface area contributed by atoms with Gasteiger partial charge in [0.2, 0.25) is 5.91 Å². The molecule has 0 aromatic heterocycles. The highest BCUT2D eigenvalue weighted by atomic mass is 32.2.